The smallest absolute Gasteiger partial charge is 0.280 e. The van der Waals surface area contributed by atoms with Crippen molar-refractivity contribution < 1.29 is 14.3 Å². The topological polar surface area (TPSA) is 51.1 Å². The highest BCUT2D eigenvalue weighted by atomic mass is 35.5. The van der Waals surface area contributed by atoms with Crippen LogP contribution in [0.4, 0.5) is 5.69 Å². The highest BCUT2D eigenvalue weighted by molar-refractivity contribution is 6.32. The van der Waals surface area contributed by atoms with Gasteiger partial charge in [0.25, 0.3) is 5.91 Å². The van der Waals surface area contributed by atoms with Crippen LogP contribution in [0.15, 0.2) is 90.1 Å². The van der Waals surface area contributed by atoms with Crippen molar-refractivity contribution in [1.29, 1.82) is 0 Å². The minimum absolute atomic E-state index is 0.170. The Bertz CT molecular complexity index is 1260. The van der Waals surface area contributed by atoms with E-state index in [4.69, 9.17) is 21.1 Å². The Morgan fingerprint density at radius 3 is 2.50 bits per heavy atom. The number of ether oxygens (including phenoxy) is 2. The van der Waals surface area contributed by atoms with Gasteiger partial charge < -0.3 is 9.47 Å². The molecule has 172 valence electrons. The van der Waals surface area contributed by atoms with E-state index >= 15 is 0 Å². The van der Waals surface area contributed by atoms with Crippen molar-refractivity contribution in [3.8, 4) is 11.5 Å². The van der Waals surface area contributed by atoms with E-state index in [0.717, 1.165) is 22.4 Å². The van der Waals surface area contributed by atoms with E-state index in [1.165, 1.54) is 5.01 Å². The van der Waals surface area contributed by atoms with E-state index in [9.17, 15) is 4.79 Å². The van der Waals surface area contributed by atoms with Crippen molar-refractivity contribution in [3.05, 3.63) is 107 Å². The molecule has 0 bridgehead atoms. The monoisotopic (exact) mass is 472 g/mol. The first kappa shape index (κ1) is 23.3. The fraction of sp³-hybridized carbons (Fsp3) is 0.143. The lowest BCUT2D eigenvalue weighted by Gasteiger charge is -2.16. The molecule has 0 spiro atoms. The number of allylic oxidation sites excluding steroid dienone is 1. The Morgan fingerprint density at radius 2 is 1.82 bits per heavy atom. The number of hydrogen-bond acceptors (Lipinski definition) is 4. The van der Waals surface area contributed by atoms with Crippen LogP contribution in [0.25, 0.3) is 6.08 Å². The van der Waals surface area contributed by atoms with Gasteiger partial charge in [-0.1, -0.05) is 48.0 Å². The zero-order valence-corrected chi connectivity index (χ0v) is 19.9. The molecule has 1 amide bonds. The summed E-state index contributed by atoms with van der Waals surface area (Å²) in [5.41, 5.74) is 4.64. The summed E-state index contributed by atoms with van der Waals surface area (Å²) in [6.45, 7) is 6.08. The highest BCUT2D eigenvalue weighted by Gasteiger charge is 2.28. The van der Waals surface area contributed by atoms with Crippen molar-refractivity contribution in [3.63, 3.8) is 0 Å². The van der Waals surface area contributed by atoms with Gasteiger partial charge in [-0.05, 0) is 66.9 Å². The third-order valence-electron chi connectivity index (χ3n) is 5.41. The number of halogens is 1. The lowest BCUT2D eigenvalue weighted by Crippen LogP contribution is -2.21. The van der Waals surface area contributed by atoms with Crippen molar-refractivity contribution in [2.24, 2.45) is 5.10 Å². The van der Waals surface area contributed by atoms with Crippen LogP contribution >= 0.6 is 11.6 Å². The van der Waals surface area contributed by atoms with Gasteiger partial charge in [-0.25, -0.2) is 0 Å². The fourth-order valence-electron chi connectivity index (χ4n) is 3.72. The third kappa shape index (κ3) is 5.05. The molecule has 1 heterocycles. The van der Waals surface area contributed by atoms with E-state index in [0.29, 0.717) is 40.8 Å². The number of carbonyl (C=O) groups is 1. The molecule has 1 aliphatic heterocycles. The normalized spacial score (nSPS) is 14.3. The summed E-state index contributed by atoms with van der Waals surface area (Å²) in [5, 5.41) is 6.56. The van der Waals surface area contributed by atoms with E-state index < -0.39 is 0 Å². The van der Waals surface area contributed by atoms with Crippen LogP contribution in [0.3, 0.4) is 0 Å². The molecule has 3 aromatic carbocycles. The van der Waals surface area contributed by atoms with Gasteiger partial charge in [0.15, 0.2) is 11.5 Å². The van der Waals surface area contributed by atoms with Crippen LogP contribution in [0.5, 0.6) is 11.5 Å². The van der Waals surface area contributed by atoms with Gasteiger partial charge in [0.1, 0.15) is 6.61 Å². The molecule has 0 aliphatic carbocycles. The van der Waals surface area contributed by atoms with Gasteiger partial charge in [0.2, 0.25) is 0 Å². The van der Waals surface area contributed by atoms with Crippen LogP contribution in [-0.4, -0.2) is 18.7 Å². The number of amides is 1. The van der Waals surface area contributed by atoms with Crippen molar-refractivity contribution in [2.45, 2.75) is 20.0 Å². The van der Waals surface area contributed by atoms with E-state index in [1.807, 2.05) is 85.8 Å². The Labute approximate surface area is 204 Å². The van der Waals surface area contributed by atoms with E-state index in [-0.39, 0.29) is 5.91 Å². The van der Waals surface area contributed by atoms with Gasteiger partial charge in [0, 0.05) is 10.6 Å². The second-order valence-corrected chi connectivity index (χ2v) is 8.25. The Hall–Kier alpha value is -3.83. The first-order valence-corrected chi connectivity index (χ1v) is 11.2. The maximum absolute atomic E-state index is 13.1. The molecule has 0 saturated carbocycles. The summed E-state index contributed by atoms with van der Waals surface area (Å²) in [5.74, 6) is 1.06. The van der Waals surface area contributed by atoms with E-state index in [1.54, 1.807) is 7.11 Å². The minimum atomic E-state index is -0.170. The minimum Gasteiger partial charge on any atom is -0.493 e. The molecule has 0 fully saturated rings. The quantitative estimate of drug-likeness (QED) is 0.279. The zero-order chi connectivity index (χ0) is 24.1. The number of nitrogens with zero attached hydrogens (tertiary/aromatic N) is 2. The number of rotatable bonds is 8. The van der Waals surface area contributed by atoms with Crippen molar-refractivity contribution in [1.82, 2.24) is 0 Å². The Kier molecular flexibility index (Phi) is 7.14. The van der Waals surface area contributed by atoms with Crippen LogP contribution < -0.4 is 14.5 Å². The summed E-state index contributed by atoms with van der Waals surface area (Å²) in [4.78, 5) is 13.1. The molecule has 0 unspecified atom stereocenters. The van der Waals surface area contributed by atoms with Crippen LogP contribution in [0, 0.1) is 0 Å². The number of hydrazone groups is 1. The lowest BCUT2D eigenvalue weighted by molar-refractivity contribution is -0.114. The first-order chi connectivity index (χ1) is 16.5. The first-order valence-electron chi connectivity index (χ1n) is 10.9. The van der Waals surface area contributed by atoms with Crippen LogP contribution in [0.1, 0.15) is 23.6 Å². The van der Waals surface area contributed by atoms with Gasteiger partial charge in [0.05, 0.1) is 24.1 Å². The number of anilines is 1. The van der Waals surface area contributed by atoms with Crippen molar-refractivity contribution >= 4 is 35.0 Å². The summed E-state index contributed by atoms with van der Waals surface area (Å²) < 4.78 is 11.8. The average Bonchev–Trinajstić information content (AvgIpc) is 3.13. The fourth-order valence-corrected chi connectivity index (χ4v) is 3.85. The Morgan fingerprint density at radius 1 is 1.09 bits per heavy atom. The number of hydrogen-bond donors (Lipinski definition) is 0. The number of benzene rings is 3. The number of para-hydroxylation sites is 1. The molecule has 34 heavy (non-hydrogen) atoms. The zero-order valence-electron chi connectivity index (χ0n) is 19.1. The maximum atomic E-state index is 13.1. The van der Waals surface area contributed by atoms with Gasteiger partial charge >= 0.3 is 0 Å². The van der Waals surface area contributed by atoms with Gasteiger partial charge in [-0.2, -0.15) is 10.1 Å². The largest absolute Gasteiger partial charge is 0.493 e. The molecule has 3 aromatic rings. The molecule has 0 radical (unpaired) electrons. The SMILES string of the molecule is C=CCc1cc(C=C2C(=O)N(c3ccccc3)N=C2C)cc(OC)c1OCc1ccc(Cl)cc1. The lowest BCUT2D eigenvalue weighted by atomic mass is 10.0. The summed E-state index contributed by atoms with van der Waals surface area (Å²) in [6, 6.07) is 20.7. The van der Waals surface area contributed by atoms with Crippen LogP contribution in [-0.2, 0) is 17.8 Å². The summed E-state index contributed by atoms with van der Waals surface area (Å²) in [7, 11) is 1.60. The molecular formula is C28H25ClN2O3. The van der Waals surface area contributed by atoms with Gasteiger partial charge in [-0.15, -0.1) is 6.58 Å². The van der Waals surface area contributed by atoms with Crippen LogP contribution in [0.2, 0.25) is 5.02 Å². The molecule has 1 aliphatic rings. The number of methoxy groups -OCH3 is 1. The Balaban J connectivity index is 1.65. The second kappa shape index (κ2) is 10.4. The third-order valence-corrected chi connectivity index (χ3v) is 5.66. The number of carbonyl (C=O) groups excluding carboxylic acids is 1. The molecular weight excluding hydrogens is 448 g/mol. The highest BCUT2D eigenvalue weighted by Crippen LogP contribution is 2.35. The predicted molar refractivity (Wildman–Crippen MR) is 138 cm³/mol. The second-order valence-electron chi connectivity index (χ2n) is 7.82. The molecule has 4 rings (SSSR count). The molecule has 5 nitrogen and oxygen atoms in total. The molecule has 0 aromatic heterocycles. The maximum Gasteiger partial charge on any atom is 0.280 e. The molecule has 0 N–H and O–H groups in total. The summed E-state index contributed by atoms with van der Waals surface area (Å²) in [6.07, 6.45) is 4.23. The van der Waals surface area contributed by atoms with Crippen molar-refractivity contribution in [2.75, 3.05) is 12.1 Å². The standard InChI is InChI=1S/C28H25ClN2O3/c1-4-8-22-15-21(16-25-19(2)30-31(28(25)32)24-9-6-5-7-10-24)17-26(33-3)27(22)34-18-20-11-13-23(29)14-12-20/h4-7,9-17H,1,8,18H2,2-3H3. The molecule has 0 saturated heterocycles. The molecule has 0 atom stereocenters. The predicted octanol–water partition coefficient (Wildman–Crippen LogP) is 6.46. The van der Waals surface area contributed by atoms with E-state index in [2.05, 4.69) is 11.7 Å². The molecule has 6 heteroatoms. The average molecular weight is 473 g/mol. The summed E-state index contributed by atoms with van der Waals surface area (Å²) >= 11 is 5.98. The van der Waals surface area contributed by atoms with Gasteiger partial charge in [-0.3, -0.25) is 4.79 Å².